The highest BCUT2D eigenvalue weighted by atomic mass is 16.5. The van der Waals surface area contributed by atoms with Gasteiger partial charge in [-0.1, -0.05) is 24.3 Å². The first-order valence-electron chi connectivity index (χ1n) is 6.32. The first-order chi connectivity index (χ1) is 9.33. The van der Waals surface area contributed by atoms with Gasteiger partial charge in [0.15, 0.2) is 11.5 Å². The Morgan fingerprint density at radius 3 is 2.68 bits per heavy atom. The van der Waals surface area contributed by atoms with Crippen LogP contribution in [-0.2, 0) is 6.42 Å². The number of hydrogen-bond acceptors (Lipinski definition) is 3. The molecule has 0 atom stereocenters. The largest absolute Gasteiger partial charge is 0.493 e. The lowest BCUT2D eigenvalue weighted by Gasteiger charge is -2.03. The molecule has 0 aliphatic heterocycles. The molecule has 0 saturated heterocycles. The summed E-state index contributed by atoms with van der Waals surface area (Å²) in [5.74, 6) is 1.69. The number of aryl methyl sites for hydroxylation is 1. The number of pyridine rings is 1. The molecule has 0 saturated carbocycles. The van der Waals surface area contributed by atoms with Crippen LogP contribution in [0.5, 0.6) is 5.75 Å². The molecule has 19 heavy (non-hydrogen) atoms. The van der Waals surface area contributed by atoms with Crippen molar-refractivity contribution in [2.75, 3.05) is 6.61 Å². The summed E-state index contributed by atoms with van der Waals surface area (Å²) in [5.41, 5.74) is 1.97. The zero-order chi connectivity index (χ0) is 13.1. The molecular formula is C15H15N3O. The smallest absolute Gasteiger partial charge is 0.155 e. The average molecular weight is 253 g/mol. The van der Waals surface area contributed by atoms with Gasteiger partial charge in [-0.15, -0.1) is 0 Å². The van der Waals surface area contributed by atoms with Crippen LogP contribution in [0.25, 0.3) is 5.65 Å². The van der Waals surface area contributed by atoms with Crippen LogP contribution in [0.2, 0.25) is 0 Å². The molecule has 2 heterocycles. The first kappa shape index (κ1) is 11.7. The summed E-state index contributed by atoms with van der Waals surface area (Å²) in [5, 5.41) is 4.47. The number of ether oxygens (including phenoxy) is 1. The second kappa shape index (κ2) is 5.10. The van der Waals surface area contributed by atoms with Crippen molar-refractivity contribution >= 4 is 5.65 Å². The van der Waals surface area contributed by atoms with Gasteiger partial charge in [0.05, 0.1) is 6.61 Å². The molecule has 4 heteroatoms. The van der Waals surface area contributed by atoms with Gasteiger partial charge in [0, 0.05) is 12.1 Å². The maximum Gasteiger partial charge on any atom is 0.155 e. The molecule has 0 spiro atoms. The summed E-state index contributed by atoms with van der Waals surface area (Å²) in [6.45, 7) is 2.60. The summed E-state index contributed by atoms with van der Waals surface area (Å²) in [6, 6.07) is 15.8. The van der Waals surface area contributed by atoms with Crippen LogP contribution in [0.4, 0.5) is 0 Å². The van der Waals surface area contributed by atoms with Crippen LogP contribution in [0.1, 0.15) is 11.5 Å². The molecule has 3 aromatic rings. The van der Waals surface area contributed by atoms with E-state index in [9.17, 15) is 0 Å². The van der Waals surface area contributed by atoms with E-state index in [0.717, 1.165) is 22.9 Å². The Balaban J connectivity index is 1.67. The van der Waals surface area contributed by atoms with E-state index < -0.39 is 0 Å². The third-order valence-electron chi connectivity index (χ3n) is 2.93. The van der Waals surface area contributed by atoms with E-state index in [1.165, 1.54) is 0 Å². The molecule has 0 bridgehead atoms. The molecule has 0 aliphatic rings. The molecule has 0 aliphatic carbocycles. The van der Waals surface area contributed by atoms with E-state index in [4.69, 9.17) is 4.74 Å². The summed E-state index contributed by atoms with van der Waals surface area (Å²) >= 11 is 0. The van der Waals surface area contributed by atoms with Crippen LogP contribution in [-0.4, -0.2) is 21.2 Å². The highest BCUT2D eigenvalue weighted by molar-refractivity contribution is 5.38. The van der Waals surface area contributed by atoms with E-state index in [1.54, 1.807) is 0 Å². The van der Waals surface area contributed by atoms with Crippen molar-refractivity contribution in [3.8, 4) is 5.75 Å². The van der Waals surface area contributed by atoms with E-state index in [2.05, 4.69) is 10.1 Å². The Kier molecular flexibility index (Phi) is 3.14. The molecule has 0 unspecified atom stereocenters. The van der Waals surface area contributed by atoms with Crippen molar-refractivity contribution in [2.24, 2.45) is 0 Å². The molecule has 0 fully saturated rings. The van der Waals surface area contributed by atoms with Gasteiger partial charge in [-0.05, 0) is 31.2 Å². The highest BCUT2D eigenvalue weighted by Crippen LogP contribution is 2.09. The molecule has 0 amide bonds. The molecule has 4 nitrogen and oxygen atoms in total. The van der Waals surface area contributed by atoms with Gasteiger partial charge in [0.25, 0.3) is 0 Å². The van der Waals surface area contributed by atoms with Gasteiger partial charge in [0.1, 0.15) is 5.75 Å². The summed E-state index contributed by atoms with van der Waals surface area (Å²) in [6.07, 6.45) is 0.704. The SMILES string of the molecule is Cc1cccc2nc(CCOc3ccccc3)nn12. The van der Waals surface area contributed by atoms with E-state index in [0.29, 0.717) is 13.0 Å². The minimum Gasteiger partial charge on any atom is -0.493 e. The Hall–Kier alpha value is -2.36. The zero-order valence-electron chi connectivity index (χ0n) is 10.8. The lowest BCUT2D eigenvalue weighted by molar-refractivity contribution is 0.319. The van der Waals surface area contributed by atoms with Crippen LogP contribution < -0.4 is 4.74 Å². The number of hydrogen-bond donors (Lipinski definition) is 0. The van der Waals surface area contributed by atoms with Gasteiger partial charge in [0.2, 0.25) is 0 Å². The van der Waals surface area contributed by atoms with Gasteiger partial charge in [-0.25, -0.2) is 9.50 Å². The Bertz CT molecular complexity index is 676. The van der Waals surface area contributed by atoms with Crippen molar-refractivity contribution in [1.82, 2.24) is 14.6 Å². The van der Waals surface area contributed by atoms with E-state index >= 15 is 0 Å². The molecule has 2 aromatic heterocycles. The summed E-state index contributed by atoms with van der Waals surface area (Å²) in [7, 11) is 0. The maximum absolute atomic E-state index is 5.65. The quantitative estimate of drug-likeness (QED) is 0.717. The standard InChI is InChI=1S/C15H15N3O/c1-12-6-5-9-15-16-14(17-18(12)15)10-11-19-13-7-3-2-4-8-13/h2-9H,10-11H2,1H3. The molecule has 0 N–H and O–H groups in total. The van der Waals surface area contributed by atoms with Crippen molar-refractivity contribution in [3.05, 3.63) is 60.0 Å². The minimum atomic E-state index is 0.583. The zero-order valence-corrected chi connectivity index (χ0v) is 10.8. The molecule has 3 rings (SSSR count). The number of benzene rings is 1. The predicted octanol–water partition coefficient (Wildman–Crippen LogP) is 2.66. The van der Waals surface area contributed by atoms with Crippen molar-refractivity contribution in [1.29, 1.82) is 0 Å². The van der Waals surface area contributed by atoms with Gasteiger partial charge in [-0.3, -0.25) is 0 Å². The van der Waals surface area contributed by atoms with Gasteiger partial charge < -0.3 is 4.74 Å². The number of fused-ring (bicyclic) bond motifs is 1. The fraction of sp³-hybridized carbons (Fsp3) is 0.200. The Labute approximate surface area is 111 Å². The number of aromatic nitrogens is 3. The minimum absolute atomic E-state index is 0.583. The third-order valence-corrected chi connectivity index (χ3v) is 2.93. The topological polar surface area (TPSA) is 39.4 Å². The van der Waals surface area contributed by atoms with Crippen LogP contribution >= 0.6 is 0 Å². The third kappa shape index (κ3) is 2.57. The average Bonchev–Trinajstić information content (AvgIpc) is 2.84. The predicted molar refractivity (Wildman–Crippen MR) is 73.4 cm³/mol. The normalized spacial score (nSPS) is 10.8. The lowest BCUT2D eigenvalue weighted by atomic mass is 10.3. The molecule has 96 valence electrons. The van der Waals surface area contributed by atoms with Crippen molar-refractivity contribution in [3.63, 3.8) is 0 Å². The maximum atomic E-state index is 5.65. The van der Waals surface area contributed by atoms with Crippen molar-refractivity contribution < 1.29 is 4.74 Å². The van der Waals surface area contributed by atoms with E-state index in [-0.39, 0.29) is 0 Å². The van der Waals surface area contributed by atoms with Crippen LogP contribution in [0.3, 0.4) is 0 Å². The van der Waals surface area contributed by atoms with Gasteiger partial charge >= 0.3 is 0 Å². The van der Waals surface area contributed by atoms with Gasteiger partial charge in [-0.2, -0.15) is 5.10 Å². The Morgan fingerprint density at radius 2 is 1.89 bits per heavy atom. The van der Waals surface area contributed by atoms with Crippen LogP contribution in [0, 0.1) is 6.92 Å². The molecule has 1 aromatic carbocycles. The fourth-order valence-electron chi connectivity index (χ4n) is 1.96. The van der Waals surface area contributed by atoms with Crippen molar-refractivity contribution in [2.45, 2.75) is 13.3 Å². The number of rotatable bonds is 4. The molecular weight excluding hydrogens is 238 g/mol. The monoisotopic (exact) mass is 253 g/mol. The highest BCUT2D eigenvalue weighted by Gasteiger charge is 2.04. The molecule has 0 radical (unpaired) electrons. The fourth-order valence-corrected chi connectivity index (χ4v) is 1.96. The summed E-state index contributed by atoms with van der Waals surface area (Å²) in [4.78, 5) is 4.48. The number of para-hydroxylation sites is 1. The lowest BCUT2D eigenvalue weighted by Crippen LogP contribution is -2.03. The second-order valence-corrected chi connectivity index (χ2v) is 4.38. The Morgan fingerprint density at radius 1 is 1.05 bits per heavy atom. The second-order valence-electron chi connectivity index (χ2n) is 4.38. The van der Waals surface area contributed by atoms with Crippen LogP contribution in [0.15, 0.2) is 48.5 Å². The number of nitrogens with zero attached hydrogens (tertiary/aromatic N) is 3. The summed E-state index contributed by atoms with van der Waals surface area (Å²) < 4.78 is 7.51. The van der Waals surface area contributed by atoms with E-state index in [1.807, 2.05) is 60.0 Å². The first-order valence-corrected chi connectivity index (χ1v) is 6.32.